The van der Waals surface area contributed by atoms with Gasteiger partial charge in [0, 0.05) is 30.3 Å². The van der Waals surface area contributed by atoms with Crippen molar-refractivity contribution in [1.29, 1.82) is 0 Å². The van der Waals surface area contributed by atoms with Crippen LogP contribution in [-0.4, -0.2) is 15.7 Å². The highest BCUT2D eigenvalue weighted by Crippen LogP contribution is 2.16. The summed E-state index contributed by atoms with van der Waals surface area (Å²) in [5, 5.41) is 7.35. The second-order valence-electron chi connectivity index (χ2n) is 6.61. The van der Waals surface area contributed by atoms with Gasteiger partial charge in [-0.05, 0) is 38.0 Å². The Hall–Kier alpha value is -3.21. The van der Waals surface area contributed by atoms with E-state index in [0.717, 1.165) is 22.5 Å². The molecular weight excluding hydrogens is 338 g/mol. The van der Waals surface area contributed by atoms with Gasteiger partial charge in [0.15, 0.2) is 0 Å². The van der Waals surface area contributed by atoms with Gasteiger partial charge in [0.2, 0.25) is 5.91 Å². The van der Waals surface area contributed by atoms with Crippen LogP contribution in [0.3, 0.4) is 0 Å². The fraction of sp³-hybridized carbons (Fsp3) is 0.227. The zero-order valence-corrected chi connectivity index (χ0v) is 15.6. The Labute approximate surface area is 158 Å². The van der Waals surface area contributed by atoms with Gasteiger partial charge < -0.3 is 5.32 Å². The Morgan fingerprint density at radius 1 is 1.00 bits per heavy atom. The molecule has 1 N–H and O–H groups in total. The number of benzene rings is 2. The van der Waals surface area contributed by atoms with Crippen molar-refractivity contribution >= 4 is 11.6 Å². The van der Waals surface area contributed by atoms with Crippen molar-refractivity contribution in [3.8, 4) is 11.3 Å². The van der Waals surface area contributed by atoms with Crippen LogP contribution in [0.2, 0.25) is 0 Å². The molecule has 0 unspecified atom stereocenters. The number of nitrogens with one attached hydrogen (secondary N) is 1. The molecule has 1 heterocycles. The minimum Gasteiger partial charge on any atom is -0.326 e. The number of rotatable bonds is 6. The predicted octanol–water partition coefficient (Wildman–Crippen LogP) is 3.95. The molecule has 138 valence electrons. The second kappa shape index (κ2) is 8.45. The maximum absolute atomic E-state index is 12.1. The van der Waals surface area contributed by atoms with E-state index in [1.54, 1.807) is 6.07 Å². The molecule has 1 amide bonds. The third kappa shape index (κ3) is 4.91. The van der Waals surface area contributed by atoms with Crippen LogP contribution in [0.1, 0.15) is 24.0 Å². The van der Waals surface area contributed by atoms with E-state index < -0.39 is 0 Å². The normalized spacial score (nSPS) is 10.6. The summed E-state index contributed by atoms with van der Waals surface area (Å²) in [6.45, 7) is 4.38. The van der Waals surface area contributed by atoms with Gasteiger partial charge in [0.25, 0.3) is 5.56 Å². The third-order valence-electron chi connectivity index (χ3n) is 4.41. The van der Waals surface area contributed by atoms with Gasteiger partial charge in [-0.25, -0.2) is 4.68 Å². The van der Waals surface area contributed by atoms with Crippen molar-refractivity contribution in [1.82, 2.24) is 9.78 Å². The highest BCUT2D eigenvalue weighted by atomic mass is 16.1. The summed E-state index contributed by atoms with van der Waals surface area (Å²) in [5.41, 5.74) is 4.57. The van der Waals surface area contributed by atoms with E-state index in [9.17, 15) is 9.59 Å². The van der Waals surface area contributed by atoms with E-state index in [1.807, 2.05) is 62.4 Å². The van der Waals surface area contributed by atoms with E-state index in [-0.39, 0.29) is 11.5 Å². The Morgan fingerprint density at radius 3 is 2.48 bits per heavy atom. The lowest BCUT2D eigenvalue weighted by Gasteiger charge is -2.09. The van der Waals surface area contributed by atoms with Crippen molar-refractivity contribution in [3.63, 3.8) is 0 Å². The SMILES string of the molecule is Cc1ccc(-c2ccc(=O)n(CCCC(=O)Nc3ccccc3C)n2)cc1. The summed E-state index contributed by atoms with van der Waals surface area (Å²) >= 11 is 0. The Kier molecular flexibility index (Phi) is 5.81. The molecule has 0 aliphatic heterocycles. The first-order valence-corrected chi connectivity index (χ1v) is 9.03. The number of anilines is 1. The molecule has 0 aliphatic carbocycles. The maximum Gasteiger partial charge on any atom is 0.266 e. The number of nitrogens with zero attached hydrogens (tertiary/aromatic N) is 2. The molecular formula is C22H23N3O2. The monoisotopic (exact) mass is 361 g/mol. The lowest BCUT2D eigenvalue weighted by atomic mass is 10.1. The summed E-state index contributed by atoms with van der Waals surface area (Å²) < 4.78 is 1.43. The molecule has 0 bridgehead atoms. The molecule has 0 fully saturated rings. The van der Waals surface area contributed by atoms with Crippen LogP contribution in [0.4, 0.5) is 5.69 Å². The largest absolute Gasteiger partial charge is 0.326 e. The summed E-state index contributed by atoms with van der Waals surface area (Å²) in [5.74, 6) is -0.0629. The first kappa shape index (κ1) is 18.6. The summed E-state index contributed by atoms with van der Waals surface area (Å²) in [6.07, 6.45) is 0.874. The molecule has 0 saturated heterocycles. The number of aryl methyl sites for hydroxylation is 3. The van der Waals surface area contributed by atoms with Crippen LogP contribution < -0.4 is 10.9 Å². The molecule has 0 atom stereocenters. The fourth-order valence-electron chi connectivity index (χ4n) is 2.80. The molecule has 2 aromatic carbocycles. The minimum absolute atomic E-state index is 0.0629. The Morgan fingerprint density at radius 2 is 1.74 bits per heavy atom. The maximum atomic E-state index is 12.1. The van der Waals surface area contributed by atoms with Crippen molar-refractivity contribution in [2.45, 2.75) is 33.2 Å². The van der Waals surface area contributed by atoms with Crippen LogP contribution in [0.25, 0.3) is 11.3 Å². The van der Waals surface area contributed by atoms with Crippen LogP contribution in [-0.2, 0) is 11.3 Å². The van der Waals surface area contributed by atoms with Crippen LogP contribution >= 0.6 is 0 Å². The molecule has 27 heavy (non-hydrogen) atoms. The van der Waals surface area contributed by atoms with Gasteiger partial charge in [0.1, 0.15) is 0 Å². The number of hydrogen-bond donors (Lipinski definition) is 1. The second-order valence-corrected chi connectivity index (χ2v) is 6.61. The molecule has 0 radical (unpaired) electrons. The smallest absolute Gasteiger partial charge is 0.266 e. The number of para-hydroxylation sites is 1. The van der Waals surface area contributed by atoms with E-state index in [0.29, 0.717) is 19.4 Å². The van der Waals surface area contributed by atoms with E-state index in [2.05, 4.69) is 10.4 Å². The number of amides is 1. The number of hydrogen-bond acceptors (Lipinski definition) is 3. The molecule has 3 rings (SSSR count). The van der Waals surface area contributed by atoms with Gasteiger partial charge in [-0.2, -0.15) is 5.10 Å². The van der Waals surface area contributed by atoms with E-state index in [4.69, 9.17) is 0 Å². The lowest BCUT2D eigenvalue weighted by molar-refractivity contribution is -0.116. The van der Waals surface area contributed by atoms with Crippen molar-refractivity contribution in [2.75, 3.05) is 5.32 Å². The standard InChI is InChI=1S/C22H23N3O2/c1-16-9-11-18(12-10-16)20-13-14-22(27)25(24-20)15-5-8-21(26)23-19-7-4-3-6-17(19)2/h3-4,6-7,9-14H,5,8,15H2,1-2H3,(H,23,26). The summed E-state index contributed by atoms with van der Waals surface area (Å²) in [4.78, 5) is 24.2. The molecule has 0 aliphatic rings. The molecule has 3 aromatic rings. The minimum atomic E-state index is -0.162. The quantitative estimate of drug-likeness (QED) is 0.723. The van der Waals surface area contributed by atoms with Crippen molar-refractivity contribution in [3.05, 3.63) is 82.1 Å². The first-order chi connectivity index (χ1) is 13.0. The molecule has 0 spiro atoms. The summed E-state index contributed by atoms with van der Waals surface area (Å²) in [7, 11) is 0. The van der Waals surface area contributed by atoms with Crippen LogP contribution in [0.5, 0.6) is 0 Å². The van der Waals surface area contributed by atoms with E-state index >= 15 is 0 Å². The van der Waals surface area contributed by atoms with Gasteiger partial charge >= 0.3 is 0 Å². The van der Waals surface area contributed by atoms with Gasteiger partial charge in [-0.15, -0.1) is 0 Å². The van der Waals surface area contributed by atoms with E-state index in [1.165, 1.54) is 16.3 Å². The average molecular weight is 361 g/mol. The van der Waals surface area contributed by atoms with Gasteiger partial charge in [-0.3, -0.25) is 9.59 Å². The van der Waals surface area contributed by atoms with Crippen LogP contribution in [0.15, 0.2) is 65.5 Å². The summed E-state index contributed by atoms with van der Waals surface area (Å²) in [6, 6.07) is 18.9. The van der Waals surface area contributed by atoms with Gasteiger partial charge in [0.05, 0.1) is 5.69 Å². The number of carbonyl (C=O) groups excluding carboxylic acids is 1. The van der Waals surface area contributed by atoms with Crippen molar-refractivity contribution in [2.24, 2.45) is 0 Å². The third-order valence-corrected chi connectivity index (χ3v) is 4.41. The highest BCUT2D eigenvalue weighted by Gasteiger charge is 2.07. The Bertz CT molecular complexity index is 991. The topological polar surface area (TPSA) is 64.0 Å². The van der Waals surface area contributed by atoms with Crippen LogP contribution in [0, 0.1) is 13.8 Å². The molecule has 1 aromatic heterocycles. The van der Waals surface area contributed by atoms with Crippen molar-refractivity contribution < 1.29 is 4.79 Å². The average Bonchev–Trinajstić information content (AvgIpc) is 2.66. The number of aromatic nitrogens is 2. The first-order valence-electron chi connectivity index (χ1n) is 9.03. The number of carbonyl (C=O) groups is 1. The predicted molar refractivity (Wildman–Crippen MR) is 108 cm³/mol. The highest BCUT2D eigenvalue weighted by molar-refractivity contribution is 5.91. The Balaban J connectivity index is 1.61. The van der Waals surface area contributed by atoms with Gasteiger partial charge in [-0.1, -0.05) is 48.0 Å². The zero-order chi connectivity index (χ0) is 19.2. The fourth-order valence-corrected chi connectivity index (χ4v) is 2.80. The molecule has 5 nitrogen and oxygen atoms in total. The molecule has 5 heteroatoms. The zero-order valence-electron chi connectivity index (χ0n) is 15.6. The molecule has 0 saturated carbocycles. The lowest BCUT2D eigenvalue weighted by Crippen LogP contribution is -2.23.